The van der Waals surface area contributed by atoms with Crippen molar-refractivity contribution in [1.29, 1.82) is 0 Å². The third-order valence-corrected chi connectivity index (χ3v) is 3.05. The summed E-state index contributed by atoms with van der Waals surface area (Å²) in [6, 6.07) is 11.4. The number of carbonyl (C=O) groups is 1. The lowest BCUT2D eigenvalue weighted by Crippen LogP contribution is -2.27. The number of benzene rings is 1. The average Bonchev–Trinajstić information content (AvgIpc) is 2.43. The van der Waals surface area contributed by atoms with Crippen molar-refractivity contribution in [2.45, 2.75) is 12.8 Å². The van der Waals surface area contributed by atoms with Crippen molar-refractivity contribution in [2.24, 2.45) is 5.73 Å². The van der Waals surface area contributed by atoms with Crippen molar-refractivity contribution in [3.05, 3.63) is 59.9 Å². The molecule has 1 unspecified atom stereocenters. The van der Waals surface area contributed by atoms with Gasteiger partial charge in [-0.2, -0.15) is 0 Å². The largest absolute Gasteiger partial charge is 0.329 e. The number of hydrogen-bond donors (Lipinski definition) is 2. The van der Waals surface area contributed by atoms with Gasteiger partial charge in [0.1, 0.15) is 0 Å². The van der Waals surface area contributed by atoms with Crippen LogP contribution in [0, 0.1) is 6.92 Å². The zero-order valence-corrected chi connectivity index (χ0v) is 10.8. The Bertz CT molecular complexity index is 554. The molecular formula is C15H17N3O. The molecule has 0 saturated heterocycles. The summed E-state index contributed by atoms with van der Waals surface area (Å²) >= 11 is 0. The lowest BCUT2D eigenvalue weighted by atomic mass is 9.98. The molecule has 0 spiro atoms. The van der Waals surface area contributed by atoms with Crippen LogP contribution in [0.25, 0.3) is 0 Å². The Labute approximate surface area is 112 Å². The minimum atomic E-state index is -0.346. The topological polar surface area (TPSA) is 68.0 Å². The number of amides is 1. The minimum absolute atomic E-state index is 0.107. The van der Waals surface area contributed by atoms with Crippen LogP contribution in [0.2, 0.25) is 0 Å². The van der Waals surface area contributed by atoms with Crippen LogP contribution >= 0.6 is 0 Å². The molecule has 0 bridgehead atoms. The third-order valence-electron chi connectivity index (χ3n) is 3.05. The van der Waals surface area contributed by atoms with E-state index in [1.165, 1.54) is 0 Å². The van der Waals surface area contributed by atoms with Crippen molar-refractivity contribution >= 4 is 11.6 Å². The average molecular weight is 255 g/mol. The number of aromatic nitrogens is 1. The van der Waals surface area contributed by atoms with Crippen LogP contribution in [0.5, 0.6) is 0 Å². The van der Waals surface area contributed by atoms with Crippen LogP contribution in [0.1, 0.15) is 17.0 Å². The maximum absolute atomic E-state index is 12.3. The van der Waals surface area contributed by atoms with E-state index in [0.29, 0.717) is 0 Å². The molecule has 19 heavy (non-hydrogen) atoms. The molecule has 0 aliphatic heterocycles. The van der Waals surface area contributed by atoms with Crippen LogP contribution in [-0.4, -0.2) is 17.4 Å². The molecule has 0 saturated carbocycles. The molecule has 1 atom stereocenters. The first kappa shape index (κ1) is 13.2. The van der Waals surface area contributed by atoms with E-state index in [-0.39, 0.29) is 18.4 Å². The standard InChI is InChI=1S/C15H17N3O/c1-11-7-8-17-10-14(11)18-15(19)13(9-16)12-5-3-2-4-6-12/h2-8,10,13H,9,16H2,1H3,(H,18,19). The molecule has 0 aliphatic rings. The second kappa shape index (κ2) is 6.11. The Balaban J connectivity index is 2.17. The van der Waals surface area contributed by atoms with Gasteiger partial charge < -0.3 is 11.1 Å². The number of nitrogens with one attached hydrogen (secondary N) is 1. The number of aryl methyl sites for hydroxylation is 1. The van der Waals surface area contributed by atoms with Gasteiger partial charge in [0.15, 0.2) is 0 Å². The lowest BCUT2D eigenvalue weighted by Gasteiger charge is -2.16. The molecule has 4 heteroatoms. The first-order chi connectivity index (χ1) is 9.22. The zero-order chi connectivity index (χ0) is 13.7. The predicted octanol–water partition coefficient (Wildman–Crippen LogP) is 2.07. The summed E-state index contributed by atoms with van der Waals surface area (Å²) in [4.78, 5) is 16.3. The highest BCUT2D eigenvalue weighted by molar-refractivity contribution is 5.96. The van der Waals surface area contributed by atoms with E-state index in [9.17, 15) is 4.79 Å². The van der Waals surface area contributed by atoms with Gasteiger partial charge in [0.05, 0.1) is 17.8 Å². The molecule has 2 rings (SSSR count). The number of carbonyl (C=O) groups excluding carboxylic acids is 1. The molecule has 1 aromatic heterocycles. The highest BCUT2D eigenvalue weighted by Gasteiger charge is 2.19. The SMILES string of the molecule is Cc1ccncc1NC(=O)C(CN)c1ccccc1. The molecule has 3 N–H and O–H groups in total. The van der Waals surface area contributed by atoms with E-state index in [2.05, 4.69) is 10.3 Å². The molecule has 1 aromatic carbocycles. The van der Waals surface area contributed by atoms with E-state index in [0.717, 1.165) is 16.8 Å². The highest BCUT2D eigenvalue weighted by atomic mass is 16.1. The maximum atomic E-state index is 12.3. The number of anilines is 1. The molecule has 2 aromatic rings. The number of pyridine rings is 1. The fourth-order valence-electron chi connectivity index (χ4n) is 1.89. The number of nitrogens with two attached hydrogens (primary N) is 1. The van der Waals surface area contributed by atoms with E-state index in [4.69, 9.17) is 5.73 Å². The van der Waals surface area contributed by atoms with Crippen LogP contribution < -0.4 is 11.1 Å². The van der Waals surface area contributed by atoms with Crippen molar-refractivity contribution in [1.82, 2.24) is 4.98 Å². The Morgan fingerprint density at radius 3 is 2.68 bits per heavy atom. The van der Waals surface area contributed by atoms with Gasteiger partial charge >= 0.3 is 0 Å². The summed E-state index contributed by atoms with van der Waals surface area (Å²) in [6.07, 6.45) is 3.34. The molecule has 0 radical (unpaired) electrons. The van der Waals surface area contributed by atoms with Crippen LogP contribution in [0.15, 0.2) is 48.8 Å². The summed E-state index contributed by atoms with van der Waals surface area (Å²) < 4.78 is 0. The summed E-state index contributed by atoms with van der Waals surface area (Å²) in [5, 5.41) is 2.88. The zero-order valence-electron chi connectivity index (χ0n) is 10.8. The third kappa shape index (κ3) is 3.17. The molecule has 0 fully saturated rings. The number of hydrogen-bond acceptors (Lipinski definition) is 3. The molecule has 1 heterocycles. The quantitative estimate of drug-likeness (QED) is 0.878. The first-order valence-electron chi connectivity index (χ1n) is 6.19. The predicted molar refractivity (Wildman–Crippen MR) is 75.8 cm³/mol. The maximum Gasteiger partial charge on any atom is 0.233 e. The van der Waals surface area contributed by atoms with Crippen molar-refractivity contribution in [3.63, 3.8) is 0 Å². The Morgan fingerprint density at radius 2 is 2.05 bits per heavy atom. The van der Waals surface area contributed by atoms with Gasteiger partial charge in [-0.05, 0) is 24.1 Å². The Hall–Kier alpha value is -2.20. The summed E-state index contributed by atoms with van der Waals surface area (Å²) in [5.41, 5.74) is 8.34. The van der Waals surface area contributed by atoms with Gasteiger partial charge in [0.2, 0.25) is 5.91 Å². The van der Waals surface area contributed by atoms with E-state index in [1.54, 1.807) is 12.4 Å². The monoisotopic (exact) mass is 255 g/mol. The van der Waals surface area contributed by atoms with Crippen molar-refractivity contribution in [2.75, 3.05) is 11.9 Å². The lowest BCUT2D eigenvalue weighted by molar-refractivity contribution is -0.117. The number of rotatable bonds is 4. The smallest absolute Gasteiger partial charge is 0.233 e. The second-order valence-corrected chi connectivity index (χ2v) is 4.38. The Morgan fingerprint density at radius 1 is 1.32 bits per heavy atom. The minimum Gasteiger partial charge on any atom is -0.329 e. The van der Waals surface area contributed by atoms with E-state index >= 15 is 0 Å². The second-order valence-electron chi connectivity index (χ2n) is 4.38. The van der Waals surface area contributed by atoms with Crippen LogP contribution in [-0.2, 0) is 4.79 Å². The van der Waals surface area contributed by atoms with Gasteiger partial charge in [-0.25, -0.2) is 0 Å². The molecule has 98 valence electrons. The van der Waals surface area contributed by atoms with Crippen molar-refractivity contribution in [3.8, 4) is 0 Å². The molecule has 0 aliphatic carbocycles. The summed E-state index contributed by atoms with van der Waals surface area (Å²) in [7, 11) is 0. The Kier molecular flexibility index (Phi) is 4.26. The van der Waals surface area contributed by atoms with Crippen molar-refractivity contribution < 1.29 is 4.79 Å². The summed E-state index contributed by atoms with van der Waals surface area (Å²) in [5.74, 6) is -0.453. The van der Waals surface area contributed by atoms with Gasteiger partial charge in [0, 0.05) is 12.7 Å². The normalized spacial score (nSPS) is 11.9. The van der Waals surface area contributed by atoms with Gasteiger partial charge in [-0.15, -0.1) is 0 Å². The van der Waals surface area contributed by atoms with Crippen LogP contribution in [0.3, 0.4) is 0 Å². The summed E-state index contributed by atoms with van der Waals surface area (Å²) in [6.45, 7) is 2.20. The number of nitrogens with zero attached hydrogens (tertiary/aromatic N) is 1. The molecule has 1 amide bonds. The van der Waals surface area contributed by atoms with Gasteiger partial charge in [-0.1, -0.05) is 30.3 Å². The fraction of sp³-hybridized carbons (Fsp3) is 0.200. The van der Waals surface area contributed by atoms with Gasteiger partial charge in [-0.3, -0.25) is 9.78 Å². The van der Waals surface area contributed by atoms with E-state index < -0.39 is 0 Å². The molecule has 4 nitrogen and oxygen atoms in total. The first-order valence-corrected chi connectivity index (χ1v) is 6.19. The van der Waals surface area contributed by atoms with Gasteiger partial charge in [0.25, 0.3) is 0 Å². The fourth-order valence-corrected chi connectivity index (χ4v) is 1.89. The van der Waals surface area contributed by atoms with E-state index in [1.807, 2.05) is 43.3 Å². The molecular weight excluding hydrogens is 238 g/mol. The van der Waals surface area contributed by atoms with Crippen LogP contribution in [0.4, 0.5) is 5.69 Å². The highest BCUT2D eigenvalue weighted by Crippen LogP contribution is 2.18.